The van der Waals surface area contributed by atoms with Crippen LogP contribution in [0, 0.1) is 11.7 Å². The molecule has 0 aliphatic carbocycles. The highest BCUT2D eigenvalue weighted by Gasteiger charge is 2.09. The van der Waals surface area contributed by atoms with Crippen LogP contribution < -0.4 is 10.6 Å². The van der Waals surface area contributed by atoms with Crippen molar-refractivity contribution in [2.24, 2.45) is 10.9 Å². The number of nitrogens with one attached hydrogen (secondary N) is 3. The van der Waals surface area contributed by atoms with Crippen LogP contribution in [0.5, 0.6) is 0 Å². The Hall–Kier alpha value is -1.31. The van der Waals surface area contributed by atoms with Gasteiger partial charge in [0.1, 0.15) is 5.82 Å². The summed E-state index contributed by atoms with van der Waals surface area (Å²) in [5.74, 6) is 1.14. The van der Waals surface area contributed by atoms with E-state index in [2.05, 4.69) is 41.4 Å². The Balaban J connectivity index is 0.00000264. The predicted octanol–water partition coefficient (Wildman–Crippen LogP) is 3.68. The second kappa shape index (κ2) is 9.10. The summed E-state index contributed by atoms with van der Waals surface area (Å²) in [4.78, 5) is 7.35. The lowest BCUT2D eigenvalue weighted by Crippen LogP contribution is -2.44. The molecule has 2 rings (SSSR count). The van der Waals surface area contributed by atoms with Crippen molar-refractivity contribution < 1.29 is 4.39 Å². The lowest BCUT2D eigenvalue weighted by Gasteiger charge is -2.20. The van der Waals surface area contributed by atoms with Crippen molar-refractivity contribution in [3.63, 3.8) is 0 Å². The standard InChI is InChI=1S/C17H25FN4.HI/c1-11(2)12(3)22-17(19-4)20-8-7-13-10-21-16-9-14(18)5-6-15(13)16;/h5-6,9-12,21H,7-8H2,1-4H3,(H2,19,20,22);1H. The molecule has 0 saturated heterocycles. The number of H-pyrrole nitrogens is 1. The summed E-state index contributed by atoms with van der Waals surface area (Å²) >= 11 is 0. The van der Waals surface area contributed by atoms with E-state index < -0.39 is 0 Å². The molecule has 0 spiro atoms. The number of fused-ring (bicyclic) bond motifs is 1. The number of halogens is 2. The molecule has 1 aromatic carbocycles. The van der Waals surface area contributed by atoms with Crippen LogP contribution in [0.2, 0.25) is 0 Å². The van der Waals surface area contributed by atoms with Gasteiger partial charge in [-0.15, -0.1) is 24.0 Å². The third-order valence-corrected chi connectivity index (χ3v) is 4.00. The zero-order valence-corrected chi connectivity index (χ0v) is 16.4. The monoisotopic (exact) mass is 432 g/mol. The molecule has 4 nitrogen and oxygen atoms in total. The minimum absolute atomic E-state index is 0. The highest BCUT2D eigenvalue weighted by atomic mass is 127. The maximum atomic E-state index is 13.2. The van der Waals surface area contributed by atoms with Gasteiger partial charge in [-0.25, -0.2) is 4.39 Å². The molecule has 0 saturated carbocycles. The highest BCUT2D eigenvalue weighted by molar-refractivity contribution is 14.0. The fourth-order valence-electron chi connectivity index (χ4n) is 2.26. The Bertz CT molecular complexity index is 651. The Morgan fingerprint density at radius 1 is 1.30 bits per heavy atom. The van der Waals surface area contributed by atoms with Crippen molar-refractivity contribution in [3.8, 4) is 0 Å². The summed E-state index contributed by atoms with van der Waals surface area (Å²) in [5.41, 5.74) is 2.01. The predicted molar refractivity (Wildman–Crippen MR) is 106 cm³/mol. The van der Waals surface area contributed by atoms with E-state index in [-0.39, 0.29) is 29.8 Å². The van der Waals surface area contributed by atoms with Crippen LogP contribution in [-0.4, -0.2) is 30.6 Å². The number of benzene rings is 1. The molecule has 1 unspecified atom stereocenters. The van der Waals surface area contributed by atoms with E-state index in [0.717, 1.165) is 29.8 Å². The number of aliphatic imine (C=N–C) groups is 1. The van der Waals surface area contributed by atoms with Crippen molar-refractivity contribution in [2.75, 3.05) is 13.6 Å². The van der Waals surface area contributed by atoms with E-state index in [0.29, 0.717) is 12.0 Å². The van der Waals surface area contributed by atoms with Crippen molar-refractivity contribution in [2.45, 2.75) is 33.2 Å². The van der Waals surface area contributed by atoms with Crippen molar-refractivity contribution in [1.82, 2.24) is 15.6 Å². The molecular weight excluding hydrogens is 406 g/mol. The Morgan fingerprint density at radius 3 is 2.70 bits per heavy atom. The van der Waals surface area contributed by atoms with E-state index >= 15 is 0 Å². The van der Waals surface area contributed by atoms with Crippen LogP contribution in [0.3, 0.4) is 0 Å². The zero-order chi connectivity index (χ0) is 16.1. The first-order chi connectivity index (χ1) is 10.5. The highest BCUT2D eigenvalue weighted by Crippen LogP contribution is 2.19. The Morgan fingerprint density at radius 2 is 2.04 bits per heavy atom. The van der Waals surface area contributed by atoms with Gasteiger partial charge in [-0.2, -0.15) is 0 Å². The van der Waals surface area contributed by atoms with E-state index in [4.69, 9.17) is 0 Å². The van der Waals surface area contributed by atoms with Crippen LogP contribution in [0.4, 0.5) is 4.39 Å². The minimum atomic E-state index is -0.216. The summed E-state index contributed by atoms with van der Waals surface area (Å²) in [7, 11) is 1.77. The molecule has 1 atom stereocenters. The first-order valence-corrected chi connectivity index (χ1v) is 7.74. The van der Waals surface area contributed by atoms with E-state index in [1.165, 1.54) is 17.7 Å². The molecule has 0 radical (unpaired) electrons. The SMILES string of the molecule is CN=C(NCCc1c[nH]c2cc(F)ccc12)NC(C)C(C)C.I. The summed E-state index contributed by atoms with van der Waals surface area (Å²) < 4.78 is 13.2. The number of rotatable bonds is 5. The Labute approximate surface area is 154 Å². The minimum Gasteiger partial charge on any atom is -0.361 e. The number of nitrogens with zero attached hydrogens (tertiary/aromatic N) is 1. The van der Waals surface area contributed by atoms with Gasteiger partial charge in [-0.3, -0.25) is 4.99 Å². The van der Waals surface area contributed by atoms with Gasteiger partial charge >= 0.3 is 0 Å². The van der Waals surface area contributed by atoms with Crippen molar-refractivity contribution >= 4 is 40.8 Å². The van der Waals surface area contributed by atoms with Gasteiger partial charge in [-0.05, 0) is 43.0 Å². The molecule has 1 aromatic heterocycles. The molecule has 2 aromatic rings. The van der Waals surface area contributed by atoms with Crippen LogP contribution in [0.15, 0.2) is 29.4 Å². The second-order valence-electron chi connectivity index (χ2n) is 5.93. The van der Waals surface area contributed by atoms with Crippen molar-refractivity contribution in [1.29, 1.82) is 0 Å². The first-order valence-electron chi connectivity index (χ1n) is 7.74. The second-order valence-corrected chi connectivity index (χ2v) is 5.93. The van der Waals surface area contributed by atoms with E-state index in [9.17, 15) is 4.39 Å². The average Bonchev–Trinajstić information content (AvgIpc) is 2.88. The molecule has 0 aliphatic rings. The van der Waals surface area contributed by atoms with Crippen LogP contribution in [-0.2, 0) is 6.42 Å². The number of hydrogen-bond acceptors (Lipinski definition) is 1. The maximum Gasteiger partial charge on any atom is 0.191 e. The molecule has 128 valence electrons. The van der Waals surface area contributed by atoms with Crippen LogP contribution in [0.1, 0.15) is 26.3 Å². The first kappa shape index (κ1) is 19.7. The van der Waals surface area contributed by atoms with Gasteiger partial charge < -0.3 is 15.6 Å². The van der Waals surface area contributed by atoms with E-state index in [1.807, 2.05) is 12.3 Å². The molecule has 0 fully saturated rings. The Kier molecular flexibility index (Phi) is 7.81. The fraction of sp³-hybridized carbons (Fsp3) is 0.471. The summed E-state index contributed by atoms with van der Waals surface area (Å²) in [6.07, 6.45) is 2.79. The molecule has 6 heteroatoms. The van der Waals surface area contributed by atoms with Gasteiger partial charge in [0.05, 0.1) is 0 Å². The number of aromatic amines is 1. The third kappa shape index (κ3) is 5.37. The summed E-state index contributed by atoms with van der Waals surface area (Å²) in [6, 6.07) is 5.21. The molecule has 0 aliphatic heterocycles. The van der Waals surface area contributed by atoms with Gasteiger partial charge in [-0.1, -0.05) is 13.8 Å². The molecule has 1 heterocycles. The molecule has 0 amide bonds. The largest absolute Gasteiger partial charge is 0.361 e. The van der Waals surface area contributed by atoms with Gasteiger partial charge in [0.15, 0.2) is 5.96 Å². The molecule has 3 N–H and O–H groups in total. The van der Waals surface area contributed by atoms with Gasteiger partial charge in [0, 0.05) is 36.7 Å². The summed E-state index contributed by atoms with van der Waals surface area (Å²) in [6.45, 7) is 7.27. The average molecular weight is 432 g/mol. The lowest BCUT2D eigenvalue weighted by molar-refractivity contribution is 0.481. The van der Waals surface area contributed by atoms with Crippen LogP contribution in [0.25, 0.3) is 10.9 Å². The third-order valence-electron chi connectivity index (χ3n) is 4.00. The van der Waals surface area contributed by atoms with Crippen molar-refractivity contribution in [3.05, 3.63) is 35.8 Å². The zero-order valence-electron chi connectivity index (χ0n) is 14.1. The van der Waals surface area contributed by atoms with Gasteiger partial charge in [0.25, 0.3) is 0 Å². The lowest BCUT2D eigenvalue weighted by atomic mass is 10.1. The fourth-order valence-corrected chi connectivity index (χ4v) is 2.26. The molecule has 23 heavy (non-hydrogen) atoms. The van der Waals surface area contributed by atoms with E-state index in [1.54, 1.807) is 7.05 Å². The maximum absolute atomic E-state index is 13.2. The van der Waals surface area contributed by atoms with Crippen LogP contribution >= 0.6 is 24.0 Å². The molecule has 0 bridgehead atoms. The number of hydrogen-bond donors (Lipinski definition) is 3. The topological polar surface area (TPSA) is 52.2 Å². The quantitative estimate of drug-likeness (QED) is 0.384. The normalized spacial score (nSPS) is 13.0. The molecular formula is C17H26FIN4. The van der Waals surface area contributed by atoms with Gasteiger partial charge in [0.2, 0.25) is 0 Å². The smallest absolute Gasteiger partial charge is 0.191 e. The number of guanidine groups is 1. The number of aromatic nitrogens is 1. The summed E-state index contributed by atoms with van der Waals surface area (Å²) in [5, 5.41) is 7.76.